The lowest BCUT2D eigenvalue weighted by Crippen LogP contribution is -2.23. The summed E-state index contributed by atoms with van der Waals surface area (Å²) in [5, 5.41) is 4.39. The van der Waals surface area contributed by atoms with E-state index in [1.165, 1.54) is 17.5 Å². The molecule has 0 fully saturated rings. The standard InChI is InChI=1S/C11H14ClN/c1-8-5-6-10-9(7-13-8)3-2-4-11(10)12/h2-4,8,13H,5-7H2,1H3. The van der Waals surface area contributed by atoms with Crippen molar-refractivity contribution in [2.45, 2.75) is 32.4 Å². The maximum atomic E-state index is 6.13. The summed E-state index contributed by atoms with van der Waals surface area (Å²) < 4.78 is 0. The van der Waals surface area contributed by atoms with Crippen LogP contribution in [-0.4, -0.2) is 6.04 Å². The third-order valence-electron chi connectivity index (χ3n) is 2.68. The van der Waals surface area contributed by atoms with Crippen molar-refractivity contribution >= 4 is 11.6 Å². The molecule has 1 aromatic rings. The third kappa shape index (κ3) is 1.87. The van der Waals surface area contributed by atoms with Gasteiger partial charge in [-0.1, -0.05) is 23.7 Å². The highest BCUT2D eigenvalue weighted by Gasteiger charge is 2.13. The fourth-order valence-corrected chi connectivity index (χ4v) is 2.08. The Hall–Kier alpha value is -0.530. The summed E-state index contributed by atoms with van der Waals surface area (Å²) in [5.41, 5.74) is 2.69. The second-order valence-corrected chi connectivity index (χ2v) is 4.11. The average Bonchev–Trinajstić information content (AvgIpc) is 2.30. The summed E-state index contributed by atoms with van der Waals surface area (Å²) in [5.74, 6) is 0. The van der Waals surface area contributed by atoms with Gasteiger partial charge in [0.15, 0.2) is 0 Å². The number of rotatable bonds is 0. The van der Waals surface area contributed by atoms with Crippen LogP contribution in [0.25, 0.3) is 0 Å². The van der Waals surface area contributed by atoms with E-state index in [2.05, 4.69) is 18.3 Å². The van der Waals surface area contributed by atoms with Gasteiger partial charge in [0.25, 0.3) is 0 Å². The van der Waals surface area contributed by atoms with E-state index in [1.807, 2.05) is 12.1 Å². The first-order valence-electron chi connectivity index (χ1n) is 4.77. The molecular weight excluding hydrogens is 182 g/mol. The molecule has 0 radical (unpaired) electrons. The molecule has 0 amide bonds. The van der Waals surface area contributed by atoms with Gasteiger partial charge in [-0.15, -0.1) is 0 Å². The van der Waals surface area contributed by atoms with Gasteiger partial charge in [-0.25, -0.2) is 0 Å². The van der Waals surface area contributed by atoms with Crippen molar-refractivity contribution < 1.29 is 0 Å². The van der Waals surface area contributed by atoms with Crippen LogP contribution in [0.2, 0.25) is 5.02 Å². The molecule has 0 aromatic heterocycles. The first kappa shape index (κ1) is 9.04. The summed E-state index contributed by atoms with van der Waals surface area (Å²) in [4.78, 5) is 0. The lowest BCUT2D eigenvalue weighted by atomic mass is 10.0. The zero-order chi connectivity index (χ0) is 9.26. The molecule has 1 nitrogen and oxygen atoms in total. The zero-order valence-electron chi connectivity index (χ0n) is 7.81. The summed E-state index contributed by atoms with van der Waals surface area (Å²) >= 11 is 6.13. The third-order valence-corrected chi connectivity index (χ3v) is 3.04. The Morgan fingerprint density at radius 3 is 3.15 bits per heavy atom. The number of nitrogens with one attached hydrogen (secondary N) is 1. The maximum absolute atomic E-state index is 6.13. The van der Waals surface area contributed by atoms with Gasteiger partial charge >= 0.3 is 0 Å². The highest BCUT2D eigenvalue weighted by Crippen LogP contribution is 2.24. The second-order valence-electron chi connectivity index (χ2n) is 3.70. The van der Waals surface area contributed by atoms with Gasteiger partial charge in [-0.05, 0) is 37.0 Å². The Bertz CT molecular complexity index is 309. The average molecular weight is 196 g/mol. The summed E-state index contributed by atoms with van der Waals surface area (Å²) in [6.07, 6.45) is 2.28. The molecule has 1 aliphatic heterocycles. The highest BCUT2D eigenvalue weighted by molar-refractivity contribution is 6.31. The summed E-state index contributed by atoms with van der Waals surface area (Å²) in [6.45, 7) is 3.18. The van der Waals surface area contributed by atoms with Crippen molar-refractivity contribution in [3.05, 3.63) is 34.3 Å². The first-order chi connectivity index (χ1) is 6.27. The van der Waals surface area contributed by atoms with Crippen molar-refractivity contribution in [1.29, 1.82) is 0 Å². The van der Waals surface area contributed by atoms with Crippen LogP contribution in [-0.2, 0) is 13.0 Å². The predicted octanol–water partition coefficient (Wildman–Crippen LogP) is 2.76. The van der Waals surface area contributed by atoms with Gasteiger partial charge in [0.2, 0.25) is 0 Å². The minimum atomic E-state index is 0.600. The highest BCUT2D eigenvalue weighted by atomic mass is 35.5. The molecule has 0 saturated heterocycles. The van der Waals surface area contributed by atoms with E-state index in [9.17, 15) is 0 Å². The molecule has 1 atom stereocenters. The topological polar surface area (TPSA) is 12.0 Å². The van der Waals surface area contributed by atoms with Crippen molar-refractivity contribution in [3.63, 3.8) is 0 Å². The number of fused-ring (bicyclic) bond motifs is 1. The molecule has 2 rings (SSSR count). The van der Waals surface area contributed by atoms with Crippen molar-refractivity contribution in [1.82, 2.24) is 5.32 Å². The predicted molar refractivity (Wildman–Crippen MR) is 56.1 cm³/mol. The molecule has 0 bridgehead atoms. The van der Waals surface area contributed by atoms with E-state index in [0.717, 1.165) is 18.0 Å². The summed E-state index contributed by atoms with van der Waals surface area (Å²) in [7, 11) is 0. The number of benzene rings is 1. The normalized spacial score (nSPS) is 22.2. The van der Waals surface area contributed by atoms with Crippen molar-refractivity contribution in [2.75, 3.05) is 0 Å². The molecule has 13 heavy (non-hydrogen) atoms. The fraction of sp³-hybridized carbons (Fsp3) is 0.455. The van der Waals surface area contributed by atoms with Gasteiger partial charge in [-0.2, -0.15) is 0 Å². The van der Waals surface area contributed by atoms with Gasteiger partial charge < -0.3 is 5.32 Å². The van der Waals surface area contributed by atoms with Crippen LogP contribution >= 0.6 is 11.6 Å². The molecule has 1 heterocycles. The Balaban J connectivity index is 2.35. The Kier molecular flexibility index (Phi) is 2.56. The number of hydrogen-bond acceptors (Lipinski definition) is 1. The lowest BCUT2D eigenvalue weighted by Gasteiger charge is -2.07. The van der Waals surface area contributed by atoms with Crippen molar-refractivity contribution in [3.8, 4) is 0 Å². The van der Waals surface area contributed by atoms with E-state index in [-0.39, 0.29) is 0 Å². The molecule has 0 saturated carbocycles. The molecule has 1 aliphatic rings. The number of halogens is 1. The molecule has 0 aliphatic carbocycles. The SMILES string of the molecule is CC1CCc2c(Cl)cccc2CN1. The molecule has 1 N–H and O–H groups in total. The van der Waals surface area contributed by atoms with E-state index < -0.39 is 0 Å². The van der Waals surface area contributed by atoms with Crippen LogP contribution in [0.15, 0.2) is 18.2 Å². The second kappa shape index (κ2) is 3.69. The van der Waals surface area contributed by atoms with Gasteiger partial charge in [0, 0.05) is 17.6 Å². The Morgan fingerprint density at radius 1 is 1.46 bits per heavy atom. The monoisotopic (exact) mass is 195 g/mol. The summed E-state index contributed by atoms with van der Waals surface area (Å²) in [6, 6.07) is 6.77. The van der Waals surface area contributed by atoms with Crippen LogP contribution in [0.1, 0.15) is 24.5 Å². The van der Waals surface area contributed by atoms with Crippen LogP contribution < -0.4 is 5.32 Å². The largest absolute Gasteiger partial charge is 0.310 e. The Morgan fingerprint density at radius 2 is 2.31 bits per heavy atom. The lowest BCUT2D eigenvalue weighted by molar-refractivity contribution is 0.534. The van der Waals surface area contributed by atoms with Gasteiger partial charge in [-0.3, -0.25) is 0 Å². The smallest absolute Gasteiger partial charge is 0.0441 e. The molecule has 0 spiro atoms. The van der Waals surface area contributed by atoms with E-state index in [4.69, 9.17) is 11.6 Å². The minimum Gasteiger partial charge on any atom is -0.310 e. The molecule has 2 heteroatoms. The van der Waals surface area contributed by atoms with Crippen molar-refractivity contribution in [2.24, 2.45) is 0 Å². The fourth-order valence-electron chi connectivity index (χ4n) is 1.80. The van der Waals surface area contributed by atoms with Gasteiger partial charge in [0.05, 0.1) is 0 Å². The van der Waals surface area contributed by atoms with E-state index in [0.29, 0.717) is 6.04 Å². The minimum absolute atomic E-state index is 0.600. The van der Waals surface area contributed by atoms with Gasteiger partial charge in [0.1, 0.15) is 0 Å². The quantitative estimate of drug-likeness (QED) is 0.672. The Labute approximate surface area is 84.1 Å². The van der Waals surface area contributed by atoms with E-state index in [1.54, 1.807) is 0 Å². The maximum Gasteiger partial charge on any atom is 0.0441 e. The van der Waals surface area contributed by atoms with Crippen LogP contribution in [0.3, 0.4) is 0 Å². The molecular formula is C11H14ClN. The molecule has 70 valence electrons. The molecule has 1 aromatic carbocycles. The van der Waals surface area contributed by atoms with E-state index >= 15 is 0 Å². The van der Waals surface area contributed by atoms with Crippen LogP contribution in [0, 0.1) is 0 Å². The van der Waals surface area contributed by atoms with Crippen LogP contribution in [0.4, 0.5) is 0 Å². The number of hydrogen-bond donors (Lipinski definition) is 1. The molecule has 1 unspecified atom stereocenters. The zero-order valence-corrected chi connectivity index (χ0v) is 8.56. The van der Waals surface area contributed by atoms with Crippen LogP contribution in [0.5, 0.6) is 0 Å². The first-order valence-corrected chi connectivity index (χ1v) is 5.15.